The summed E-state index contributed by atoms with van der Waals surface area (Å²) in [5, 5.41) is 0. The van der Waals surface area contributed by atoms with Gasteiger partial charge in [0, 0.05) is 24.9 Å². The topological polar surface area (TPSA) is 70.4 Å². The molecule has 0 spiro atoms. The van der Waals surface area contributed by atoms with Gasteiger partial charge in [-0.2, -0.15) is 4.39 Å². The Morgan fingerprint density at radius 1 is 0.926 bits per heavy atom. The van der Waals surface area contributed by atoms with E-state index in [4.69, 9.17) is 9.47 Å². The third-order valence-corrected chi connectivity index (χ3v) is 4.22. The van der Waals surface area contributed by atoms with Crippen LogP contribution in [0.5, 0.6) is 0 Å². The molecule has 0 aliphatic carbocycles. The first-order valence-corrected chi connectivity index (χ1v) is 8.06. The molecule has 0 saturated heterocycles. The predicted molar refractivity (Wildman–Crippen MR) is 96.7 cm³/mol. The lowest BCUT2D eigenvalue weighted by Gasteiger charge is -2.09. The lowest BCUT2D eigenvalue weighted by molar-refractivity contribution is 0.0558. The quantitative estimate of drug-likeness (QED) is 0.521. The van der Waals surface area contributed by atoms with Crippen LogP contribution in [0.2, 0.25) is 0 Å². The molecule has 0 fully saturated rings. The number of carbonyl (C=O) groups is 2. The average Bonchev–Trinajstić information content (AvgIpc) is 3.00. The van der Waals surface area contributed by atoms with E-state index in [2.05, 4.69) is 4.98 Å². The van der Waals surface area contributed by atoms with E-state index in [-0.39, 0.29) is 11.1 Å². The van der Waals surface area contributed by atoms with Crippen molar-refractivity contribution in [1.82, 2.24) is 9.55 Å². The molecule has 0 bridgehead atoms. The Balaban J connectivity index is 2.45. The third-order valence-electron chi connectivity index (χ3n) is 4.22. The molecule has 0 N–H and O–H groups in total. The average molecular weight is 368 g/mol. The van der Waals surface area contributed by atoms with Crippen molar-refractivity contribution in [3.8, 4) is 22.5 Å². The summed E-state index contributed by atoms with van der Waals surface area (Å²) in [6.07, 6.45) is 1.29. The van der Waals surface area contributed by atoms with Crippen molar-refractivity contribution in [2.75, 3.05) is 14.2 Å². The number of esters is 2. The number of halogens is 1. The van der Waals surface area contributed by atoms with E-state index in [0.29, 0.717) is 22.5 Å². The molecule has 138 valence electrons. The van der Waals surface area contributed by atoms with Gasteiger partial charge in [0.05, 0.1) is 25.6 Å². The van der Waals surface area contributed by atoms with Crippen molar-refractivity contribution in [1.29, 1.82) is 0 Å². The highest BCUT2D eigenvalue weighted by atomic mass is 19.1. The monoisotopic (exact) mass is 368 g/mol. The molecular weight excluding hydrogens is 351 g/mol. The number of benzene rings is 1. The standard InChI is InChI=1S/C20H17FN2O4/c1-23-17(12-7-5-4-6-8-12)15(19(24)26-2)16(20(25)27-3)18(23)13-9-10-22-14(21)11-13/h4-11H,1-3H3. The highest BCUT2D eigenvalue weighted by Gasteiger charge is 2.32. The highest BCUT2D eigenvalue weighted by molar-refractivity contribution is 6.12. The molecule has 27 heavy (non-hydrogen) atoms. The van der Waals surface area contributed by atoms with Gasteiger partial charge in [-0.15, -0.1) is 0 Å². The van der Waals surface area contributed by atoms with E-state index < -0.39 is 17.9 Å². The SMILES string of the molecule is COC(=O)c1c(C(=O)OC)c(-c2ccnc(F)c2)n(C)c1-c1ccccc1. The van der Waals surface area contributed by atoms with Gasteiger partial charge >= 0.3 is 11.9 Å². The second-order valence-corrected chi connectivity index (χ2v) is 5.72. The highest BCUT2D eigenvalue weighted by Crippen LogP contribution is 2.37. The predicted octanol–water partition coefficient (Wildman–Crippen LogP) is 3.47. The number of aromatic nitrogens is 2. The Bertz CT molecular complexity index is 1010. The van der Waals surface area contributed by atoms with Crippen molar-refractivity contribution in [3.63, 3.8) is 0 Å². The molecule has 0 aliphatic heterocycles. The number of nitrogens with zero attached hydrogens (tertiary/aromatic N) is 2. The number of ether oxygens (including phenoxy) is 2. The van der Waals surface area contributed by atoms with Crippen LogP contribution in [0, 0.1) is 5.95 Å². The molecule has 0 radical (unpaired) electrons. The van der Waals surface area contributed by atoms with E-state index in [9.17, 15) is 14.0 Å². The molecular formula is C20H17FN2O4. The number of carbonyl (C=O) groups excluding carboxylic acids is 2. The summed E-state index contributed by atoms with van der Waals surface area (Å²) < 4.78 is 25.2. The lowest BCUT2D eigenvalue weighted by atomic mass is 10.0. The minimum absolute atomic E-state index is 0.0105. The zero-order valence-corrected chi connectivity index (χ0v) is 15.0. The van der Waals surface area contributed by atoms with E-state index in [1.165, 1.54) is 26.5 Å². The summed E-state index contributed by atoms with van der Waals surface area (Å²) in [5.41, 5.74) is 1.96. The minimum Gasteiger partial charge on any atom is -0.465 e. The number of hydrogen-bond acceptors (Lipinski definition) is 5. The summed E-state index contributed by atoms with van der Waals surface area (Å²) in [7, 11) is 4.14. The summed E-state index contributed by atoms with van der Waals surface area (Å²) >= 11 is 0. The minimum atomic E-state index is -0.722. The van der Waals surface area contributed by atoms with Gasteiger partial charge in [0.2, 0.25) is 5.95 Å². The van der Waals surface area contributed by atoms with Crippen LogP contribution < -0.4 is 0 Å². The van der Waals surface area contributed by atoms with Crippen LogP contribution in [0.25, 0.3) is 22.5 Å². The van der Waals surface area contributed by atoms with Crippen LogP contribution in [0.4, 0.5) is 4.39 Å². The van der Waals surface area contributed by atoms with Crippen molar-refractivity contribution in [3.05, 3.63) is 65.7 Å². The summed E-state index contributed by atoms with van der Waals surface area (Å²) in [4.78, 5) is 28.7. The molecule has 0 aliphatic rings. The summed E-state index contributed by atoms with van der Waals surface area (Å²) in [6.45, 7) is 0. The molecule has 1 aromatic carbocycles. The smallest absolute Gasteiger partial charge is 0.340 e. The first kappa shape index (κ1) is 18.3. The number of hydrogen-bond donors (Lipinski definition) is 0. The van der Waals surface area contributed by atoms with Gasteiger partial charge in [0.25, 0.3) is 0 Å². The third kappa shape index (κ3) is 3.19. The number of pyridine rings is 1. The van der Waals surface area contributed by atoms with Crippen molar-refractivity contribution < 1.29 is 23.5 Å². The Morgan fingerprint density at radius 3 is 2.00 bits per heavy atom. The molecule has 0 unspecified atom stereocenters. The Hall–Kier alpha value is -3.48. The van der Waals surface area contributed by atoms with Gasteiger partial charge in [0.15, 0.2) is 0 Å². The van der Waals surface area contributed by atoms with Crippen LogP contribution in [0.15, 0.2) is 48.7 Å². The van der Waals surface area contributed by atoms with E-state index >= 15 is 0 Å². The number of rotatable bonds is 4. The molecule has 2 heterocycles. The van der Waals surface area contributed by atoms with E-state index in [1.807, 2.05) is 18.2 Å². The van der Waals surface area contributed by atoms with Gasteiger partial charge in [-0.25, -0.2) is 14.6 Å². The van der Waals surface area contributed by atoms with E-state index in [1.54, 1.807) is 29.8 Å². The first-order valence-electron chi connectivity index (χ1n) is 8.06. The molecule has 3 rings (SSSR count). The van der Waals surface area contributed by atoms with Gasteiger partial charge < -0.3 is 14.0 Å². The van der Waals surface area contributed by atoms with Crippen LogP contribution in [-0.4, -0.2) is 35.7 Å². The van der Waals surface area contributed by atoms with Crippen LogP contribution >= 0.6 is 0 Å². The molecule has 0 saturated carbocycles. The molecule has 0 atom stereocenters. The fourth-order valence-electron chi connectivity index (χ4n) is 3.11. The van der Waals surface area contributed by atoms with Gasteiger partial charge in [-0.05, 0) is 11.6 Å². The zero-order valence-electron chi connectivity index (χ0n) is 15.0. The molecule has 0 amide bonds. The maximum atomic E-state index is 13.7. The van der Waals surface area contributed by atoms with Crippen LogP contribution in [-0.2, 0) is 16.5 Å². The van der Waals surface area contributed by atoms with Gasteiger partial charge in [-0.1, -0.05) is 30.3 Å². The summed E-state index contributed by atoms with van der Waals surface area (Å²) in [5.74, 6) is -2.11. The van der Waals surface area contributed by atoms with Gasteiger partial charge in [0.1, 0.15) is 11.1 Å². The van der Waals surface area contributed by atoms with Crippen LogP contribution in [0.1, 0.15) is 20.7 Å². The second kappa shape index (κ2) is 7.41. The normalized spacial score (nSPS) is 10.5. The van der Waals surface area contributed by atoms with E-state index in [0.717, 1.165) is 0 Å². The maximum Gasteiger partial charge on any atom is 0.340 e. The second-order valence-electron chi connectivity index (χ2n) is 5.72. The maximum absolute atomic E-state index is 13.7. The summed E-state index contributed by atoms with van der Waals surface area (Å²) in [6, 6.07) is 11.8. The number of methoxy groups -OCH3 is 2. The molecule has 2 aromatic heterocycles. The Kier molecular flexibility index (Phi) is 5.03. The first-order chi connectivity index (χ1) is 13.0. The van der Waals surface area contributed by atoms with Crippen molar-refractivity contribution in [2.45, 2.75) is 0 Å². The van der Waals surface area contributed by atoms with Crippen molar-refractivity contribution in [2.24, 2.45) is 7.05 Å². The zero-order chi connectivity index (χ0) is 19.6. The Labute approximate surface area is 155 Å². The largest absolute Gasteiger partial charge is 0.465 e. The van der Waals surface area contributed by atoms with Crippen LogP contribution in [0.3, 0.4) is 0 Å². The van der Waals surface area contributed by atoms with Crippen molar-refractivity contribution >= 4 is 11.9 Å². The fourth-order valence-corrected chi connectivity index (χ4v) is 3.11. The Morgan fingerprint density at radius 2 is 1.48 bits per heavy atom. The van der Waals surface area contributed by atoms with Gasteiger partial charge in [-0.3, -0.25) is 0 Å². The molecule has 3 aromatic rings. The molecule has 6 nitrogen and oxygen atoms in total. The lowest BCUT2D eigenvalue weighted by Crippen LogP contribution is -2.11. The fraction of sp³-hybridized carbons (Fsp3) is 0.150. The molecule has 7 heteroatoms.